The Morgan fingerprint density at radius 2 is 2.42 bits per heavy atom. The fourth-order valence-corrected chi connectivity index (χ4v) is 1.27. The van der Waals surface area contributed by atoms with Gasteiger partial charge in [0, 0.05) is 17.1 Å². The van der Waals surface area contributed by atoms with Crippen LogP contribution in [0.4, 0.5) is 0 Å². The summed E-state index contributed by atoms with van der Waals surface area (Å²) < 4.78 is 5.23. The highest BCUT2D eigenvalue weighted by Gasteiger charge is 2.03. The summed E-state index contributed by atoms with van der Waals surface area (Å²) in [4.78, 5) is 4.08. The molecule has 0 bridgehead atoms. The number of nitrogens with two attached hydrogens (primary N) is 1. The summed E-state index contributed by atoms with van der Waals surface area (Å²) in [5, 5.41) is 1.07. The summed E-state index contributed by atoms with van der Waals surface area (Å²) >= 11 is 0. The SMILES string of the molecule is NCCc1coc2ncccc12. The molecule has 3 nitrogen and oxygen atoms in total. The first-order chi connectivity index (χ1) is 5.92. The molecule has 2 N–H and O–H groups in total. The normalized spacial score (nSPS) is 10.8. The fourth-order valence-electron chi connectivity index (χ4n) is 1.27. The lowest BCUT2D eigenvalue weighted by Gasteiger charge is -1.91. The highest BCUT2D eigenvalue weighted by molar-refractivity contribution is 5.77. The van der Waals surface area contributed by atoms with Crippen LogP contribution >= 0.6 is 0 Å². The van der Waals surface area contributed by atoms with E-state index in [9.17, 15) is 0 Å². The summed E-state index contributed by atoms with van der Waals surface area (Å²) in [7, 11) is 0. The first kappa shape index (κ1) is 7.31. The van der Waals surface area contributed by atoms with Crippen molar-refractivity contribution >= 4 is 11.1 Å². The lowest BCUT2D eigenvalue weighted by atomic mass is 10.2. The molecule has 0 fully saturated rings. The lowest BCUT2D eigenvalue weighted by Crippen LogP contribution is -2.01. The van der Waals surface area contributed by atoms with Crippen LogP contribution in [0.3, 0.4) is 0 Å². The molecule has 0 aromatic carbocycles. The van der Waals surface area contributed by atoms with E-state index in [1.54, 1.807) is 12.5 Å². The maximum absolute atomic E-state index is 5.45. The third kappa shape index (κ3) is 1.08. The standard InChI is InChI=1S/C9H10N2O/c10-4-3-7-6-12-9-8(7)2-1-5-11-9/h1-2,5-6H,3-4,10H2. The van der Waals surface area contributed by atoms with Gasteiger partial charge < -0.3 is 10.2 Å². The topological polar surface area (TPSA) is 52.0 Å². The van der Waals surface area contributed by atoms with Crippen molar-refractivity contribution in [1.82, 2.24) is 4.98 Å². The van der Waals surface area contributed by atoms with Gasteiger partial charge in [-0.25, -0.2) is 4.98 Å². The monoisotopic (exact) mass is 162 g/mol. The Labute approximate surface area is 70.2 Å². The van der Waals surface area contributed by atoms with Gasteiger partial charge in [0.25, 0.3) is 0 Å². The second-order valence-corrected chi connectivity index (χ2v) is 2.66. The Bertz CT molecular complexity index is 381. The number of hydrogen-bond donors (Lipinski definition) is 1. The number of furan rings is 1. The van der Waals surface area contributed by atoms with Gasteiger partial charge in [0.05, 0.1) is 6.26 Å². The quantitative estimate of drug-likeness (QED) is 0.724. The zero-order valence-electron chi connectivity index (χ0n) is 6.66. The second kappa shape index (κ2) is 2.95. The molecule has 0 aliphatic carbocycles. The highest BCUT2D eigenvalue weighted by atomic mass is 16.3. The van der Waals surface area contributed by atoms with Gasteiger partial charge in [0.2, 0.25) is 5.71 Å². The average Bonchev–Trinajstić information content (AvgIpc) is 2.50. The van der Waals surface area contributed by atoms with Crippen molar-refractivity contribution in [3.05, 3.63) is 30.2 Å². The molecule has 2 rings (SSSR count). The summed E-state index contributed by atoms with van der Waals surface area (Å²) in [5.74, 6) is 0. The third-order valence-corrected chi connectivity index (χ3v) is 1.84. The third-order valence-electron chi connectivity index (χ3n) is 1.84. The van der Waals surface area contributed by atoms with Gasteiger partial charge in [-0.15, -0.1) is 0 Å². The van der Waals surface area contributed by atoms with Crippen LogP contribution in [0.5, 0.6) is 0 Å². The molecular weight excluding hydrogens is 152 g/mol. The van der Waals surface area contributed by atoms with E-state index in [0.29, 0.717) is 12.3 Å². The number of pyridine rings is 1. The van der Waals surface area contributed by atoms with E-state index in [4.69, 9.17) is 10.2 Å². The molecular formula is C9H10N2O. The van der Waals surface area contributed by atoms with Crippen LogP contribution in [0.25, 0.3) is 11.1 Å². The van der Waals surface area contributed by atoms with Crippen molar-refractivity contribution in [2.24, 2.45) is 5.73 Å². The Balaban J connectivity index is 2.55. The molecule has 0 radical (unpaired) electrons. The molecule has 3 heteroatoms. The van der Waals surface area contributed by atoms with Gasteiger partial charge in [-0.05, 0) is 25.1 Å². The van der Waals surface area contributed by atoms with E-state index in [2.05, 4.69) is 4.98 Å². The van der Waals surface area contributed by atoms with Crippen LogP contribution < -0.4 is 5.73 Å². The molecule has 0 atom stereocenters. The zero-order valence-corrected chi connectivity index (χ0v) is 6.66. The summed E-state index contributed by atoms with van der Waals surface area (Å²) in [6.45, 7) is 0.642. The fraction of sp³-hybridized carbons (Fsp3) is 0.222. The molecule has 2 aromatic rings. The van der Waals surface area contributed by atoms with Crippen molar-refractivity contribution in [1.29, 1.82) is 0 Å². The number of nitrogens with zero attached hydrogens (tertiary/aromatic N) is 1. The van der Waals surface area contributed by atoms with Crippen molar-refractivity contribution in [3.8, 4) is 0 Å². The van der Waals surface area contributed by atoms with Gasteiger partial charge in [-0.3, -0.25) is 0 Å². The van der Waals surface area contributed by atoms with Crippen LogP contribution in [0.2, 0.25) is 0 Å². The van der Waals surface area contributed by atoms with E-state index in [-0.39, 0.29) is 0 Å². The minimum absolute atomic E-state index is 0.642. The van der Waals surface area contributed by atoms with Crippen LogP contribution in [-0.4, -0.2) is 11.5 Å². The van der Waals surface area contributed by atoms with E-state index >= 15 is 0 Å². The van der Waals surface area contributed by atoms with Gasteiger partial charge in [-0.2, -0.15) is 0 Å². The Morgan fingerprint density at radius 3 is 3.25 bits per heavy atom. The molecule has 0 aliphatic rings. The predicted octanol–water partition coefficient (Wildman–Crippen LogP) is 1.33. The van der Waals surface area contributed by atoms with Gasteiger partial charge in [0.15, 0.2) is 0 Å². The molecule has 0 saturated carbocycles. The molecule has 0 aliphatic heterocycles. The smallest absolute Gasteiger partial charge is 0.226 e. The zero-order chi connectivity index (χ0) is 8.39. The van der Waals surface area contributed by atoms with E-state index < -0.39 is 0 Å². The van der Waals surface area contributed by atoms with E-state index in [1.165, 1.54) is 0 Å². The van der Waals surface area contributed by atoms with Crippen LogP contribution in [0.15, 0.2) is 29.0 Å². The average molecular weight is 162 g/mol. The molecule has 0 amide bonds. The molecule has 2 heterocycles. The van der Waals surface area contributed by atoms with Crippen molar-refractivity contribution < 1.29 is 4.42 Å². The summed E-state index contributed by atoms with van der Waals surface area (Å²) in [6, 6.07) is 3.90. The van der Waals surface area contributed by atoms with Gasteiger partial charge >= 0.3 is 0 Å². The largest absolute Gasteiger partial charge is 0.446 e. The van der Waals surface area contributed by atoms with E-state index in [1.807, 2.05) is 12.1 Å². The number of hydrogen-bond acceptors (Lipinski definition) is 3. The number of fused-ring (bicyclic) bond motifs is 1. The second-order valence-electron chi connectivity index (χ2n) is 2.66. The van der Waals surface area contributed by atoms with Crippen molar-refractivity contribution in [3.63, 3.8) is 0 Å². The molecule has 62 valence electrons. The summed E-state index contributed by atoms with van der Waals surface area (Å²) in [5.41, 5.74) is 7.28. The number of aromatic nitrogens is 1. The van der Waals surface area contributed by atoms with Gasteiger partial charge in [-0.1, -0.05) is 0 Å². The molecule has 2 aromatic heterocycles. The Hall–Kier alpha value is -1.35. The Kier molecular flexibility index (Phi) is 1.80. The van der Waals surface area contributed by atoms with E-state index in [0.717, 1.165) is 17.4 Å². The highest BCUT2D eigenvalue weighted by Crippen LogP contribution is 2.18. The van der Waals surface area contributed by atoms with Crippen molar-refractivity contribution in [2.45, 2.75) is 6.42 Å². The molecule has 0 unspecified atom stereocenters. The first-order valence-corrected chi connectivity index (χ1v) is 3.93. The minimum Gasteiger partial charge on any atom is -0.446 e. The first-order valence-electron chi connectivity index (χ1n) is 3.93. The maximum atomic E-state index is 5.45. The summed E-state index contributed by atoms with van der Waals surface area (Å²) in [6.07, 6.45) is 4.29. The molecule has 0 saturated heterocycles. The maximum Gasteiger partial charge on any atom is 0.226 e. The minimum atomic E-state index is 0.642. The van der Waals surface area contributed by atoms with Crippen molar-refractivity contribution in [2.75, 3.05) is 6.54 Å². The van der Waals surface area contributed by atoms with Gasteiger partial charge in [0.1, 0.15) is 0 Å². The van der Waals surface area contributed by atoms with Crippen LogP contribution in [0.1, 0.15) is 5.56 Å². The van der Waals surface area contributed by atoms with Crippen LogP contribution in [-0.2, 0) is 6.42 Å². The molecule has 12 heavy (non-hydrogen) atoms. The predicted molar refractivity (Wildman–Crippen MR) is 46.8 cm³/mol. The van der Waals surface area contributed by atoms with Crippen LogP contribution in [0, 0.1) is 0 Å². The molecule has 0 spiro atoms. The lowest BCUT2D eigenvalue weighted by molar-refractivity contribution is 0.598. The Morgan fingerprint density at radius 1 is 1.50 bits per heavy atom. The number of rotatable bonds is 2.